The van der Waals surface area contributed by atoms with Gasteiger partial charge in [-0.25, -0.2) is 0 Å². The third-order valence-corrected chi connectivity index (χ3v) is 2.99. The lowest BCUT2D eigenvalue weighted by Crippen LogP contribution is -1.94. The molecule has 0 atom stereocenters. The van der Waals surface area contributed by atoms with Gasteiger partial charge in [0.1, 0.15) is 5.75 Å². The summed E-state index contributed by atoms with van der Waals surface area (Å²) >= 11 is 1.68. The Hall–Kier alpha value is -1.16. The Kier molecular flexibility index (Phi) is 5.04. The zero-order valence-corrected chi connectivity index (χ0v) is 9.17. The van der Waals surface area contributed by atoms with Crippen LogP contribution in [0.4, 0.5) is 0 Å². The molecule has 3 nitrogen and oxygen atoms in total. The minimum Gasteiger partial charge on any atom is -0.508 e. The average molecular weight is 226 g/mol. The summed E-state index contributed by atoms with van der Waals surface area (Å²) in [5, 5.41) is 17.5. The molecule has 0 saturated carbocycles. The van der Waals surface area contributed by atoms with Crippen LogP contribution in [0.25, 0.3) is 0 Å². The molecule has 0 aliphatic heterocycles. The number of phenolic OH excluding ortho intramolecular Hbond substituents is 1. The highest BCUT2D eigenvalue weighted by Crippen LogP contribution is 2.21. The van der Waals surface area contributed by atoms with Crippen molar-refractivity contribution in [2.75, 3.05) is 5.75 Å². The fourth-order valence-corrected chi connectivity index (χ4v) is 2.02. The molecule has 4 heteroatoms. The molecule has 0 aliphatic rings. The second-order valence-electron chi connectivity index (χ2n) is 3.19. The lowest BCUT2D eigenvalue weighted by atomic mass is 10.2. The molecule has 0 heterocycles. The molecule has 1 aromatic carbocycles. The summed E-state index contributed by atoms with van der Waals surface area (Å²) < 4.78 is 0. The predicted molar refractivity (Wildman–Crippen MR) is 60.3 cm³/mol. The summed E-state index contributed by atoms with van der Waals surface area (Å²) in [6.45, 7) is 0. The van der Waals surface area contributed by atoms with Crippen LogP contribution in [0.1, 0.15) is 19.3 Å². The van der Waals surface area contributed by atoms with Crippen LogP contribution in [0.5, 0.6) is 5.75 Å². The van der Waals surface area contributed by atoms with Gasteiger partial charge in [0.25, 0.3) is 0 Å². The molecule has 0 radical (unpaired) electrons. The zero-order valence-electron chi connectivity index (χ0n) is 8.35. The van der Waals surface area contributed by atoms with Crippen LogP contribution in [0.15, 0.2) is 29.2 Å². The minimum absolute atomic E-state index is 0.246. The molecule has 0 saturated heterocycles. The van der Waals surface area contributed by atoms with Gasteiger partial charge in [0.15, 0.2) is 0 Å². The number of aromatic hydroxyl groups is 1. The molecule has 1 aromatic rings. The second-order valence-corrected chi connectivity index (χ2v) is 4.36. The maximum Gasteiger partial charge on any atom is 0.303 e. The van der Waals surface area contributed by atoms with Gasteiger partial charge in [-0.15, -0.1) is 11.8 Å². The Labute approximate surface area is 93.1 Å². The third kappa shape index (κ3) is 5.32. The molecular weight excluding hydrogens is 212 g/mol. The maximum absolute atomic E-state index is 10.2. The molecule has 2 N–H and O–H groups in total. The Morgan fingerprint density at radius 3 is 2.47 bits per heavy atom. The van der Waals surface area contributed by atoms with Gasteiger partial charge < -0.3 is 10.2 Å². The highest BCUT2D eigenvalue weighted by atomic mass is 32.2. The Morgan fingerprint density at radius 1 is 1.20 bits per heavy atom. The smallest absolute Gasteiger partial charge is 0.303 e. The van der Waals surface area contributed by atoms with Crippen LogP contribution in [-0.2, 0) is 4.79 Å². The van der Waals surface area contributed by atoms with Crippen LogP contribution in [0.2, 0.25) is 0 Å². The summed E-state index contributed by atoms with van der Waals surface area (Å²) in [5.41, 5.74) is 0. The van der Waals surface area contributed by atoms with E-state index in [4.69, 9.17) is 10.2 Å². The van der Waals surface area contributed by atoms with Crippen LogP contribution >= 0.6 is 11.8 Å². The first-order valence-corrected chi connectivity index (χ1v) is 5.80. The van der Waals surface area contributed by atoms with E-state index in [1.807, 2.05) is 12.1 Å². The van der Waals surface area contributed by atoms with Crippen molar-refractivity contribution in [2.45, 2.75) is 24.2 Å². The molecule has 0 unspecified atom stereocenters. The summed E-state index contributed by atoms with van der Waals surface area (Å²) in [6, 6.07) is 7.02. The van der Waals surface area contributed by atoms with Crippen molar-refractivity contribution >= 4 is 17.7 Å². The molecule has 0 aliphatic carbocycles. The van der Waals surface area contributed by atoms with Gasteiger partial charge in [0.2, 0.25) is 0 Å². The summed E-state index contributed by atoms with van der Waals surface area (Å²) in [5.74, 6) is 0.452. The molecule has 0 aromatic heterocycles. The van der Waals surface area contributed by atoms with Crippen LogP contribution < -0.4 is 0 Å². The lowest BCUT2D eigenvalue weighted by molar-refractivity contribution is -0.137. The van der Waals surface area contributed by atoms with Crippen molar-refractivity contribution in [1.82, 2.24) is 0 Å². The normalized spacial score (nSPS) is 10.1. The quantitative estimate of drug-likeness (QED) is 0.578. The van der Waals surface area contributed by atoms with E-state index in [0.717, 1.165) is 23.5 Å². The minimum atomic E-state index is -0.732. The van der Waals surface area contributed by atoms with Crippen LogP contribution in [0, 0.1) is 0 Å². The van der Waals surface area contributed by atoms with Gasteiger partial charge in [0.05, 0.1) is 0 Å². The number of unbranched alkanes of at least 4 members (excludes halogenated alkanes) is 1. The first-order chi connectivity index (χ1) is 7.18. The van der Waals surface area contributed by atoms with Crippen molar-refractivity contribution in [1.29, 1.82) is 0 Å². The second kappa shape index (κ2) is 6.35. The molecule has 0 amide bonds. The third-order valence-electron chi connectivity index (χ3n) is 1.89. The summed E-state index contributed by atoms with van der Waals surface area (Å²) in [6.07, 6.45) is 1.87. The highest BCUT2D eigenvalue weighted by molar-refractivity contribution is 7.99. The molecule has 0 spiro atoms. The molecule has 82 valence electrons. The van der Waals surface area contributed by atoms with E-state index in [0.29, 0.717) is 0 Å². The van der Waals surface area contributed by atoms with Gasteiger partial charge in [-0.2, -0.15) is 0 Å². The number of carboxylic acid groups (broad SMARTS) is 1. The number of benzene rings is 1. The van der Waals surface area contributed by atoms with Gasteiger partial charge in [0, 0.05) is 11.3 Å². The van der Waals surface area contributed by atoms with Crippen LogP contribution in [0.3, 0.4) is 0 Å². The molecule has 0 bridgehead atoms. The number of phenols is 1. The number of carboxylic acids is 1. The van der Waals surface area contributed by atoms with Crippen molar-refractivity contribution in [3.05, 3.63) is 24.3 Å². The van der Waals surface area contributed by atoms with Crippen LogP contribution in [-0.4, -0.2) is 21.9 Å². The highest BCUT2D eigenvalue weighted by Gasteiger charge is 1.97. The average Bonchev–Trinajstić information content (AvgIpc) is 2.20. The van der Waals surface area contributed by atoms with E-state index in [1.54, 1.807) is 23.9 Å². The van der Waals surface area contributed by atoms with Gasteiger partial charge in [-0.1, -0.05) is 0 Å². The van der Waals surface area contributed by atoms with E-state index < -0.39 is 5.97 Å². The SMILES string of the molecule is O=C(O)CCCCSc1ccc(O)cc1. The number of thioether (sulfide) groups is 1. The van der Waals surface area contributed by atoms with E-state index in [-0.39, 0.29) is 12.2 Å². The first-order valence-electron chi connectivity index (χ1n) is 4.82. The van der Waals surface area contributed by atoms with Crippen molar-refractivity contribution in [3.63, 3.8) is 0 Å². The summed E-state index contributed by atoms with van der Waals surface area (Å²) in [4.78, 5) is 11.3. The number of aliphatic carboxylic acids is 1. The topological polar surface area (TPSA) is 57.5 Å². The Bertz CT molecular complexity index is 308. The fraction of sp³-hybridized carbons (Fsp3) is 0.364. The van der Waals surface area contributed by atoms with E-state index in [1.165, 1.54) is 0 Å². The predicted octanol–water partition coefficient (Wildman–Crippen LogP) is 2.74. The molecular formula is C11H14O3S. The number of hydrogen-bond acceptors (Lipinski definition) is 3. The van der Waals surface area contributed by atoms with Crippen molar-refractivity contribution in [3.8, 4) is 5.75 Å². The molecule has 1 rings (SSSR count). The molecule has 15 heavy (non-hydrogen) atoms. The summed E-state index contributed by atoms with van der Waals surface area (Å²) in [7, 11) is 0. The zero-order chi connectivity index (χ0) is 11.1. The van der Waals surface area contributed by atoms with Crippen molar-refractivity contribution < 1.29 is 15.0 Å². The largest absolute Gasteiger partial charge is 0.508 e. The van der Waals surface area contributed by atoms with Gasteiger partial charge in [-0.3, -0.25) is 4.79 Å². The Balaban J connectivity index is 2.15. The lowest BCUT2D eigenvalue weighted by Gasteiger charge is -2.00. The number of rotatable bonds is 6. The van der Waals surface area contributed by atoms with E-state index in [9.17, 15) is 4.79 Å². The number of carbonyl (C=O) groups is 1. The molecule has 0 fully saturated rings. The van der Waals surface area contributed by atoms with Crippen molar-refractivity contribution in [2.24, 2.45) is 0 Å². The first kappa shape index (κ1) is 11.9. The van der Waals surface area contributed by atoms with E-state index in [2.05, 4.69) is 0 Å². The fourth-order valence-electron chi connectivity index (χ4n) is 1.11. The number of hydrogen-bond donors (Lipinski definition) is 2. The van der Waals surface area contributed by atoms with Gasteiger partial charge in [-0.05, 0) is 42.9 Å². The van der Waals surface area contributed by atoms with Gasteiger partial charge >= 0.3 is 5.97 Å². The monoisotopic (exact) mass is 226 g/mol. The Morgan fingerprint density at radius 2 is 1.87 bits per heavy atom. The van der Waals surface area contributed by atoms with E-state index >= 15 is 0 Å². The maximum atomic E-state index is 10.2. The standard InChI is InChI=1S/C11H14O3S/c12-9-4-6-10(7-5-9)15-8-2-1-3-11(13)14/h4-7,12H,1-3,8H2,(H,13,14).